The van der Waals surface area contributed by atoms with Gasteiger partial charge in [-0.15, -0.1) is 0 Å². The zero-order chi connectivity index (χ0) is 15.0. The highest BCUT2D eigenvalue weighted by Crippen LogP contribution is 2.26. The smallest absolute Gasteiger partial charge is 0.350 e. The predicted octanol–water partition coefficient (Wildman–Crippen LogP) is 1.76. The van der Waals surface area contributed by atoms with Crippen molar-refractivity contribution in [2.45, 2.75) is 4.21 Å². The lowest BCUT2D eigenvalue weighted by molar-refractivity contribution is 0.1000. The van der Waals surface area contributed by atoms with Crippen molar-refractivity contribution in [1.82, 2.24) is 4.98 Å². The Morgan fingerprint density at radius 2 is 2.14 bits per heavy atom. The number of thiazole rings is 1. The quantitative estimate of drug-likeness (QED) is 0.732. The van der Waals surface area contributed by atoms with E-state index >= 15 is 0 Å². The Balaban J connectivity index is 1.92. The third kappa shape index (κ3) is 2.60. The molecule has 9 heteroatoms. The van der Waals surface area contributed by atoms with Gasteiger partial charge >= 0.3 is 10.1 Å². The summed E-state index contributed by atoms with van der Waals surface area (Å²) < 4.78 is 34.1. The van der Waals surface area contributed by atoms with Gasteiger partial charge in [0, 0.05) is 5.39 Å². The lowest BCUT2D eigenvalue weighted by atomic mass is 10.2. The first-order valence-corrected chi connectivity index (χ1v) is 7.85. The second-order valence-corrected chi connectivity index (χ2v) is 6.81. The summed E-state index contributed by atoms with van der Waals surface area (Å²) in [7, 11) is -4.06. The van der Waals surface area contributed by atoms with E-state index in [1.807, 2.05) is 0 Å². The molecule has 2 N–H and O–H groups in total. The van der Waals surface area contributed by atoms with Crippen LogP contribution in [0.2, 0.25) is 0 Å². The lowest BCUT2D eigenvalue weighted by Crippen LogP contribution is -2.10. The molecule has 108 valence electrons. The molecule has 1 aromatic carbocycles. The van der Waals surface area contributed by atoms with Gasteiger partial charge in [-0.05, 0) is 24.3 Å². The molecule has 1 amide bonds. The SMILES string of the molecule is NC(=O)c1ncc(S(=O)(=O)Oc2ccc3occc3c2)s1. The molecule has 0 radical (unpaired) electrons. The Morgan fingerprint density at radius 3 is 2.86 bits per heavy atom. The average molecular weight is 324 g/mol. The van der Waals surface area contributed by atoms with Crippen LogP contribution in [0.15, 0.2) is 45.4 Å². The van der Waals surface area contributed by atoms with E-state index in [0.717, 1.165) is 6.20 Å². The van der Waals surface area contributed by atoms with Crippen molar-refractivity contribution in [2.24, 2.45) is 5.73 Å². The zero-order valence-electron chi connectivity index (χ0n) is 10.3. The molecule has 3 rings (SSSR count). The molecule has 21 heavy (non-hydrogen) atoms. The van der Waals surface area contributed by atoms with Crippen LogP contribution in [0.4, 0.5) is 0 Å². The summed E-state index contributed by atoms with van der Waals surface area (Å²) in [5.74, 6) is -0.654. The van der Waals surface area contributed by atoms with E-state index in [1.54, 1.807) is 12.1 Å². The molecule has 0 aliphatic heterocycles. The second-order valence-electron chi connectivity index (χ2n) is 4.01. The fourth-order valence-corrected chi connectivity index (χ4v) is 3.52. The Hall–Kier alpha value is -2.39. The van der Waals surface area contributed by atoms with Crippen LogP contribution in [0.25, 0.3) is 11.0 Å². The molecule has 0 unspecified atom stereocenters. The van der Waals surface area contributed by atoms with Crippen LogP contribution in [-0.4, -0.2) is 19.3 Å². The van der Waals surface area contributed by atoms with Crippen LogP contribution in [0.3, 0.4) is 0 Å². The molecule has 7 nitrogen and oxygen atoms in total. The van der Waals surface area contributed by atoms with Gasteiger partial charge in [0.05, 0.1) is 12.5 Å². The van der Waals surface area contributed by atoms with Crippen molar-refractivity contribution < 1.29 is 21.8 Å². The highest BCUT2D eigenvalue weighted by atomic mass is 32.3. The Kier molecular flexibility index (Phi) is 3.15. The number of furan rings is 1. The predicted molar refractivity (Wildman–Crippen MR) is 74.7 cm³/mol. The minimum Gasteiger partial charge on any atom is -0.464 e. The number of carbonyl (C=O) groups is 1. The molecule has 0 saturated carbocycles. The number of carbonyl (C=O) groups excluding carboxylic acids is 1. The van der Waals surface area contributed by atoms with E-state index in [9.17, 15) is 13.2 Å². The largest absolute Gasteiger partial charge is 0.464 e. The fourth-order valence-electron chi connectivity index (χ4n) is 1.65. The first kappa shape index (κ1) is 13.6. The minimum atomic E-state index is -4.06. The molecule has 2 heterocycles. The van der Waals surface area contributed by atoms with Gasteiger partial charge in [0.25, 0.3) is 5.91 Å². The first-order valence-electron chi connectivity index (χ1n) is 5.63. The number of hydrogen-bond donors (Lipinski definition) is 1. The number of nitrogens with zero attached hydrogens (tertiary/aromatic N) is 1. The summed E-state index contributed by atoms with van der Waals surface area (Å²) in [4.78, 5) is 14.6. The molecule has 0 aliphatic rings. The molecule has 0 spiro atoms. The molecule has 3 aromatic rings. The fraction of sp³-hybridized carbons (Fsp3) is 0. The molecule has 0 aliphatic carbocycles. The maximum Gasteiger partial charge on any atom is 0.350 e. The number of primary amides is 1. The number of amides is 1. The summed E-state index contributed by atoms with van der Waals surface area (Å²) in [6, 6.07) is 6.29. The molecule has 0 fully saturated rings. The summed E-state index contributed by atoms with van der Waals surface area (Å²) in [6.07, 6.45) is 2.53. The number of hydrogen-bond acceptors (Lipinski definition) is 7. The van der Waals surface area contributed by atoms with Gasteiger partial charge in [0.15, 0.2) is 9.22 Å². The van der Waals surface area contributed by atoms with Crippen LogP contribution >= 0.6 is 11.3 Å². The maximum absolute atomic E-state index is 12.1. The van der Waals surface area contributed by atoms with E-state index < -0.39 is 16.0 Å². The maximum atomic E-state index is 12.1. The van der Waals surface area contributed by atoms with E-state index in [2.05, 4.69) is 4.98 Å². The number of fused-ring (bicyclic) bond motifs is 1. The highest BCUT2D eigenvalue weighted by Gasteiger charge is 2.22. The summed E-state index contributed by atoms with van der Waals surface area (Å²) in [5.41, 5.74) is 5.66. The van der Waals surface area contributed by atoms with E-state index in [-0.39, 0.29) is 15.0 Å². The van der Waals surface area contributed by atoms with Gasteiger partial charge in [0.2, 0.25) is 0 Å². The third-order valence-corrected chi connectivity index (χ3v) is 5.25. The third-order valence-electron chi connectivity index (χ3n) is 2.57. The number of nitrogens with two attached hydrogens (primary N) is 1. The molecular formula is C12H8N2O5S2. The van der Waals surface area contributed by atoms with Crippen LogP contribution in [-0.2, 0) is 10.1 Å². The van der Waals surface area contributed by atoms with E-state index in [1.165, 1.54) is 18.4 Å². The molecule has 0 saturated heterocycles. The molecule has 0 bridgehead atoms. The van der Waals surface area contributed by atoms with Crippen LogP contribution in [0, 0.1) is 0 Å². The summed E-state index contributed by atoms with van der Waals surface area (Å²) in [6.45, 7) is 0. The molecule has 2 aromatic heterocycles. The Morgan fingerprint density at radius 1 is 1.33 bits per heavy atom. The Labute approximate surface area is 123 Å². The van der Waals surface area contributed by atoms with Gasteiger partial charge in [-0.1, -0.05) is 11.3 Å². The van der Waals surface area contributed by atoms with Crippen LogP contribution < -0.4 is 9.92 Å². The van der Waals surface area contributed by atoms with Crippen molar-refractivity contribution in [2.75, 3.05) is 0 Å². The van der Waals surface area contributed by atoms with E-state index in [0.29, 0.717) is 22.3 Å². The van der Waals surface area contributed by atoms with Gasteiger partial charge < -0.3 is 14.3 Å². The topological polar surface area (TPSA) is 112 Å². The van der Waals surface area contributed by atoms with Gasteiger partial charge in [-0.3, -0.25) is 4.79 Å². The zero-order valence-corrected chi connectivity index (χ0v) is 12.0. The summed E-state index contributed by atoms with van der Waals surface area (Å²) in [5, 5.41) is 0.618. The van der Waals surface area contributed by atoms with Crippen molar-refractivity contribution in [3.8, 4) is 5.75 Å². The second kappa shape index (κ2) is 4.86. The highest BCUT2D eigenvalue weighted by molar-refractivity contribution is 7.89. The number of benzene rings is 1. The van der Waals surface area contributed by atoms with Crippen molar-refractivity contribution in [3.05, 3.63) is 41.7 Å². The van der Waals surface area contributed by atoms with Crippen molar-refractivity contribution in [1.29, 1.82) is 0 Å². The normalized spacial score (nSPS) is 11.6. The molecule has 0 atom stereocenters. The van der Waals surface area contributed by atoms with Crippen molar-refractivity contribution >= 4 is 38.3 Å². The number of rotatable bonds is 4. The van der Waals surface area contributed by atoms with E-state index in [4.69, 9.17) is 14.3 Å². The van der Waals surface area contributed by atoms with Crippen LogP contribution in [0.5, 0.6) is 5.75 Å². The van der Waals surface area contributed by atoms with Gasteiger partial charge in [0.1, 0.15) is 11.3 Å². The van der Waals surface area contributed by atoms with Gasteiger partial charge in [-0.2, -0.15) is 8.42 Å². The Bertz CT molecular complexity index is 926. The average Bonchev–Trinajstić information content (AvgIpc) is 3.07. The first-order chi connectivity index (χ1) is 9.95. The standard InChI is InChI=1S/C12H8N2O5S2/c13-11(15)12-14-6-10(20-12)21(16,17)19-8-1-2-9-7(5-8)3-4-18-9/h1-6H,(H2,13,15). The number of aromatic nitrogens is 1. The lowest BCUT2D eigenvalue weighted by Gasteiger charge is -2.04. The molecular weight excluding hydrogens is 316 g/mol. The summed E-state index contributed by atoms with van der Waals surface area (Å²) >= 11 is 0.655. The van der Waals surface area contributed by atoms with Crippen LogP contribution in [0.1, 0.15) is 9.80 Å². The van der Waals surface area contributed by atoms with Gasteiger partial charge in [-0.25, -0.2) is 4.98 Å². The van der Waals surface area contributed by atoms with Crippen molar-refractivity contribution in [3.63, 3.8) is 0 Å². The minimum absolute atomic E-state index is 0.0949. The monoisotopic (exact) mass is 324 g/mol.